The normalized spacial score (nSPS) is 17.5. The Balaban J connectivity index is 2.06. The summed E-state index contributed by atoms with van der Waals surface area (Å²) in [5, 5.41) is 0. The van der Waals surface area contributed by atoms with Crippen LogP contribution in [0.2, 0.25) is 0 Å². The van der Waals surface area contributed by atoms with Crippen LogP contribution in [0.4, 0.5) is 0 Å². The molecule has 24 heavy (non-hydrogen) atoms. The van der Waals surface area contributed by atoms with E-state index in [9.17, 15) is 8.42 Å². The molecule has 1 unspecified atom stereocenters. The van der Waals surface area contributed by atoms with Gasteiger partial charge in [0, 0.05) is 0 Å². The van der Waals surface area contributed by atoms with E-state index in [2.05, 4.69) is 0 Å². The van der Waals surface area contributed by atoms with Crippen LogP contribution in [0.1, 0.15) is 26.3 Å². The lowest BCUT2D eigenvalue weighted by Gasteiger charge is -2.23. The molecule has 2 aromatic carbocycles. The SMILES string of the molecule is CC(C)(C)c1ccccc1S(=O)(=O)c1ccccc1OCC1CO1. The van der Waals surface area contributed by atoms with Crippen LogP contribution in [0.3, 0.4) is 0 Å². The summed E-state index contributed by atoms with van der Waals surface area (Å²) in [4.78, 5) is 0.526. The van der Waals surface area contributed by atoms with Crippen molar-refractivity contribution in [3.8, 4) is 5.75 Å². The molecular weight excluding hydrogens is 324 g/mol. The molecule has 0 spiro atoms. The molecule has 0 N–H and O–H groups in total. The second-order valence-electron chi connectivity index (χ2n) is 6.96. The van der Waals surface area contributed by atoms with Crippen molar-refractivity contribution in [3.63, 3.8) is 0 Å². The molecule has 0 saturated carbocycles. The van der Waals surface area contributed by atoms with Crippen molar-refractivity contribution >= 4 is 9.84 Å². The first kappa shape index (κ1) is 17.0. The fourth-order valence-corrected chi connectivity index (χ4v) is 4.39. The van der Waals surface area contributed by atoms with Crippen LogP contribution < -0.4 is 4.74 Å². The molecule has 1 atom stereocenters. The third kappa shape index (κ3) is 3.47. The summed E-state index contributed by atoms with van der Waals surface area (Å²) in [5.41, 5.74) is 0.520. The second-order valence-corrected chi connectivity index (χ2v) is 8.85. The van der Waals surface area contributed by atoms with Crippen LogP contribution in [0.15, 0.2) is 58.3 Å². The standard InChI is InChI=1S/C19H22O4S/c1-19(2,3)15-8-4-6-10-17(15)24(20,21)18-11-7-5-9-16(18)23-13-14-12-22-14/h4-11,14H,12-13H2,1-3H3. The highest BCUT2D eigenvalue weighted by atomic mass is 32.2. The van der Waals surface area contributed by atoms with Crippen LogP contribution >= 0.6 is 0 Å². The lowest BCUT2D eigenvalue weighted by atomic mass is 9.87. The first-order chi connectivity index (χ1) is 11.3. The van der Waals surface area contributed by atoms with E-state index in [0.29, 0.717) is 23.9 Å². The number of rotatable bonds is 5. The van der Waals surface area contributed by atoms with Crippen LogP contribution in [-0.4, -0.2) is 27.7 Å². The molecule has 3 rings (SSSR count). The van der Waals surface area contributed by atoms with Gasteiger partial charge < -0.3 is 9.47 Å². The number of epoxide rings is 1. The van der Waals surface area contributed by atoms with E-state index in [1.807, 2.05) is 32.9 Å². The largest absolute Gasteiger partial charge is 0.489 e. The van der Waals surface area contributed by atoms with E-state index in [-0.39, 0.29) is 16.4 Å². The molecule has 0 aromatic heterocycles. The van der Waals surface area contributed by atoms with Gasteiger partial charge in [-0.3, -0.25) is 0 Å². The maximum absolute atomic E-state index is 13.3. The Morgan fingerprint density at radius 3 is 2.25 bits per heavy atom. The Kier molecular flexibility index (Phi) is 4.40. The van der Waals surface area contributed by atoms with Gasteiger partial charge in [-0.25, -0.2) is 8.42 Å². The Morgan fingerprint density at radius 2 is 1.62 bits per heavy atom. The van der Waals surface area contributed by atoms with E-state index in [4.69, 9.17) is 9.47 Å². The minimum atomic E-state index is -3.68. The first-order valence-corrected chi connectivity index (χ1v) is 9.46. The van der Waals surface area contributed by atoms with E-state index in [0.717, 1.165) is 5.56 Å². The number of sulfone groups is 1. The van der Waals surface area contributed by atoms with Crippen LogP contribution in [0, 0.1) is 0 Å². The smallest absolute Gasteiger partial charge is 0.210 e. The highest BCUT2D eigenvalue weighted by molar-refractivity contribution is 7.91. The summed E-state index contributed by atoms with van der Waals surface area (Å²) in [5.74, 6) is 0.372. The molecule has 1 fully saturated rings. The van der Waals surface area contributed by atoms with E-state index in [1.165, 1.54) is 0 Å². The lowest BCUT2D eigenvalue weighted by Crippen LogP contribution is -2.17. The minimum Gasteiger partial charge on any atom is -0.489 e. The van der Waals surface area contributed by atoms with Crippen LogP contribution in [-0.2, 0) is 20.0 Å². The van der Waals surface area contributed by atoms with Crippen molar-refractivity contribution < 1.29 is 17.9 Å². The molecule has 1 saturated heterocycles. The Morgan fingerprint density at radius 1 is 1.04 bits per heavy atom. The molecule has 4 nitrogen and oxygen atoms in total. The van der Waals surface area contributed by atoms with Gasteiger partial charge in [-0.05, 0) is 29.2 Å². The average Bonchev–Trinajstić information content (AvgIpc) is 3.37. The fourth-order valence-electron chi connectivity index (χ4n) is 2.58. The number of hydrogen-bond acceptors (Lipinski definition) is 4. The van der Waals surface area contributed by atoms with Gasteiger partial charge >= 0.3 is 0 Å². The Bertz CT molecular complexity index is 830. The Labute approximate surface area is 143 Å². The van der Waals surface area contributed by atoms with Gasteiger partial charge in [0.2, 0.25) is 9.84 Å². The maximum atomic E-state index is 13.3. The summed E-state index contributed by atoms with van der Waals surface area (Å²) >= 11 is 0. The van der Waals surface area contributed by atoms with E-state index < -0.39 is 9.84 Å². The van der Waals surface area contributed by atoms with Gasteiger partial charge in [-0.15, -0.1) is 0 Å². The highest BCUT2D eigenvalue weighted by Gasteiger charge is 2.30. The molecule has 0 bridgehead atoms. The van der Waals surface area contributed by atoms with Gasteiger partial charge in [-0.1, -0.05) is 51.1 Å². The molecule has 2 aromatic rings. The first-order valence-electron chi connectivity index (χ1n) is 7.98. The van der Waals surface area contributed by atoms with Crippen molar-refractivity contribution in [1.82, 2.24) is 0 Å². The van der Waals surface area contributed by atoms with Gasteiger partial charge in [0.25, 0.3) is 0 Å². The quantitative estimate of drug-likeness (QED) is 0.776. The predicted octanol–water partition coefficient (Wildman–Crippen LogP) is 3.59. The van der Waals surface area contributed by atoms with Gasteiger partial charge in [0.1, 0.15) is 23.4 Å². The number of para-hydroxylation sites is 1. The van der Waals surface area contributed by atoms with Gasteiger partial charge in [0.05, 0.1) is 11.5 Å². The molecule has 0 radical (unpaired) electrons. The summed E-state index contributed by atoms with van der Waals surface area (Å²) in [6.07, 6.45) is 0.0719. The molecule has 1 heterocycles. The summed E-state index contributed by atoms with van der Waals surface area (Å²) < 4.78 is 37.4. The molecule has 0 amide bonds. The van der Waals surface area contributed by atoms with Crippen LogP contribution in [0.5, 0.6) is 5.75 Å². The van der Waals surface area contributed by atoms with Gasteiger partial charge in [0.15, 0.2) is 0 Å². The third-order valence-corrected chi connectivity index (χ3v) is 5.80. The molecule has 5 heteroatoms. The molecule has 128 valence electrons. The third-order valence-electron chi connectivity index (χ3n) is 3.95. The summed E-state index contributed by atoms with van der Waals surface area (Å²) in [6, 6.07) is 13.9. The maximum Gasteiger partial charge on any atom is 0.210 e. The molecule has 1 aliphatic rings. The Hall–Kier alpha value is -1.85. The van der Waals surface area contributed by atoms with Crippen molar-refractivity contribution in [2.45, 2.75) is 42.1 Å². The molecule has 1 aliphatic heterocycles. The van der Waals surface area contributed by atoms with Crippen molar-refractivity contribution in [2.75, 3.05) is 13.2 Å². The van der Waals surface area contributed by atoms with E-state index >= 15 is 0 Å². The summed E-state index contributed by atoms with van der Waals surface area (Å²) in [6.45, 7) is 7.06. The zero-order valence-corrected chi connectivity index (χ0v) is 15.0. The number of hydrogen-bond donors (Lipinski definition) is 0. The molecule has 0 aliphatic carbocycles. The van der Waals surface area contributed by atoms with Gasteiger partial charge in [-0.2, -0.15) is 0 Å². The van der Waals surface area contributed by atoms with Crippen molar-refractivity contribution in [1.29, 1.82) is 0 Å². The zero-order valence-electron chi connectivity index (χ0n) is 14.2. The second kappa shape index (κ2) is 6.22. The van der Waals surface area contributed by atoms with E-state index in [1.54, 1.807) is 36.4 Å². The van der Waals surface area contributed by atoms with Crippen molar-refractivity contribution in [2.24, 2.45) is 0 Å². The number of ether oxygens (including phenoxy) is 2. The van der Waals surface area contributed by atoms with Crippen LogP contribution in [0.25, 0.3) is 0 Å². The fraction of sp³-hybridized carbons (Fsp3) is 0.368. The summed E-state index contributed by atoms with van der Waals surface area (Å²) in [7, 11) is -3.68. The number of benzene rings is 2. The highest BCUT2D eigenvalue weighted by Crippen LogP contribution is 2.35. The average molecular weight is 346 g/mol. The predicted molar refractivity (Wildman–Crippen MR) is 92.3 cm³/mol. The monoisotopic (exact) mass is 346 g/mol. The molecular formula is C19H22O4S. The zero-order chi connectivity index (χ0) is 17.4. The topological polar surface area (TPSA) is 55.9 Å². The minimum absolute atomic E-state index is 0.0719. The lowest BCUT2D eigenvalue weighted by molar-refractivity contribution is 0.258. The van der Waals surface area contributed by atoms with Crippen molar-refractivity contribution in [3.05, 3.63) is 54.1 Å².